The standard InChI is InChI=1S/C4H8N4/c1-2-3-7-8-4(5)6/h2-3H,1H2,(H4,5,6,8). The van der Waals surface area contributed by atoms with E-state index in [-0.39, 0.29) is 5.96 Å². The zero-order valence-corrected chi connectivity index (χ0v) is 4.41. The SMILES string of the molecule is C=CC=NN=C(N)N. The first-order chi connectivity index (χ1) is 3.77. The molecule has 0 bridgehead atoms. The van der Waals surface area contributed by atoms with Crippen molar-refractivity contribution in [2.45, 2.75) is 0 Å². The fourth-order valence-electron chi connectivity index (χ4n) is 0.147. The van der Waals surface area contributed by atoms with E-state index in [0.29, 0.717) is 0 Å². The van der Waals surface area contributed by atoms with Crippen LogP contribution in [-0.4, -0.2) is 12.2 Å². The topological polar surface area (TPSA) is 76.8 Å². The molecule has 0 atom stereocenters. The first-order valence-electron chi connectivity index (χ1n) is 2.00. The molecule has 0 aromatic heterocycles. The third-order valence-electron chi connectivity index (χ3n) is 0.345. The largest absolute Gasteiger partial charge is 0.369 e. The molecule has 0 saturated heterocycles. The first-order valence-corrected chi connectivity index (χ1v) is 2.00. The lowest BCUT2D eigenvalue weighted by Crippen LogP contribution is -2.21. The summed E-state index contributed by atoms with van der Waals surface area (Å²) in [4.78, 5) is 0. The highest BCUT2D eigenvalue weighted by molar-refractivity contribution is 5.77. The Balaban J connectivity index is 3.57. The van der Waals surface area contributed by atoms with E-state index in [4.69, 9.17) is 11.5 Å². The number of hydrogen-bond donors (Lipinski definition) is 2. The Labute approximate surface area is 47.6 Å². The summed E-state index contributed by atoms with van der Waals surface area (Å²) in [5, 5.41) is 6.67. The third-order valence-corrected chi connectivity index (χ3v) is 0.345. The molecule has 0 unspecified atom stereocenters. The van der Waals surface area contributed by atoms with Gasteiger partial charge in [0.05, 0.1) is 0 Å². The fourth-order valence-corrected chi connectivity index (χ4v) is 0.147. The minimum absolute atomic E-state index is 0.0527. The third kappa shape index (κ3) is 4.68. The molecule has 44 valence electrons. The van der Waals surface area contributed by atoms with Crippen LogP contribution in [0.15, 0.2) is 22.9 Å². The van der Waals surface area contributed by atoms with E-state index in [2.05, 4.69) is 16.8 Å². The van der Waals surface area contributed by atoms with Crippen molar-refractivity contribution < 1.29 is 0 Å². The second-order valence-corrected chi connectivity index (χ2v) is 1.03. The lowest BCUT2D eigenvalue weighted by atomic mass is 10.7. The van der Waals surface area contributed by atoms with Gasteiger partial charge < -0.3 is 11.5 Å². The molecule has 0 aromatic carbocycles. The zero-order valence-electron chi connectivity index (χ0n) is 4.41. The molecule has 0 radical (unpaired) electrons. The minimum Gasteiger partial charge on any atom is -0.369 e. The van der Waals surface area contributed by atoms with Gasteiger partial charge in [0.2, 0.25) is 5.96 Å². The van der Waals surface area contributed by atoms with Gasteiger partial charge in [-0.1, -0.05) is 6.58 Å². The number of hydrogen-bond acceptors (Lipinski definition) is 2. The van der Waals surface area contributed by atoms with Crippen LogP contribution in [-0.2, 0) is 0 Å². The van der Waals surface area contributed by atoms with Gasteiger partial charge in [0.1, 0.15) is 0 Å². The van der Waals surface area contributed by atoms with E-state index >= 15 is 0 Å². The summed E-state index contributed by atoms with van der Waals surface area (Å²) >= 11 is 0. The maximum atomic E-state index is 4.91. The first kappa shape index (κ1) is 6.68. The van der Waals surface area contributed by atoms with Crippen molar-refractivity contribution in [3.05, 3.63) is 12.7 Å². The van der Waals surface area contributed by atoms with Gasteiger partial charge in [0, 0.05) is 6.21 Å². The van der Waals surface area contributed by atoms with Gasteiger partial charge in [0.25, 0.3) is 0 Å². The lowest BCUT2D eigenvalue weighted by Gasteiger charge is -1.79. The van der Waals surface area contributed by atoms with Crippen molar-refractivity contribution in [3.63, 3.8) is 0 Å². The van der Waals surface area contributed by atoms with Gasteiger partial charge >= 0.3 is 0 Å². The second kappa shape index (κ2) is 3.86. The number of guanidine groups is 1. The molecule has 4 nitrogen and oxygen atoms in total. The average Bonchev–Trinajstić information content (AvgIpc) is 1.66. The summed E-state index contributed by atoms with van der Waals surface area (Å²) in [5.74, 6) is -0.0527. The van der Waals surface area contributed by atoms with E-state index in [0.717, 1.165) is 0 Å². The predicted molar refractivity (Wildman–Crippen MR) is 34.5 cm³/mol. The quantitative estimate of drug-likeness (QED) is 0.285. The molecule has 0 rings (SSSR count). The number of allylic oxidation sites excluding steroid dienone is 1. The van der Waals surface area contributed by atoms with E-state index in [1.807, 2.05) is 0 Å². The van der Waals surface area contributed by atoms with Crippen LogP contribution in [0.2, 0.25) is 0 Å². The summed E-state index contributed by atoms with van der Waals surface area (Å²) in [6.07, 6.45) is 2.87. The molecule has 0 aromatic rings. The number of nitrogens with zero attached hydrogens (tertiary/aromatic N) is 2. The number of nitrogens with two attached hydrogens (primary N) is 2. The molecule has 8 heavy (non-hydrogen) atoms. The molecular weight excluding hydrogens is 104 g/mol. The average molecular weight is 112 g/mol. The van der Waals surface area contributed by atoms with Crippen molar-refractivity contribution in [1.29, 1.82) is 0 Å². The lowest BCUT2D eigenvalue weighted by molar-refractivity contribution is 1.22. The smallest absolute Gasteiger partial charge is 0.211 e. The Hall–Kier alpha value is -1.32. The van der Waals surface area contributed by atoms with Crippen LogP contribution in [0.3, 0.4) is 0 Å². The molecule has 0 aliphatic rings. The molecular formula is C4H8N4. The molecule has 4 N–H and O–H groups in total. The van der Waals surface area contributed by atoms with Crippen LogP contribution in [0.25, 0.3) is 0 Å². The summed E-state index contributed by atoms with van der Waals surface area (Å²) in [5.41, 5.74) is 9.83. The van der Waals surface area contributed by atoms with Crippen molar-refractivity contribution >= 4 is 12.2 Å². The van der Waals surface area contributed by atoms with Gasteiger partial charge in [-0.15, -0.1) is 5.10 Å². The van der Waals surface area contributed by atoms with Crippen LogP contribution in [0, 0.1) is 0 Å². The molecule has 0 saturated carbocycles. The van der Waals surface area contributed by atoms with Crippen LogP contribution >= 0.6 is 0 Å². The van der Waals surface area contributed by atoms with Crippen molar-refractivity contribution in [3.8, 4) is 0 Å². The highest BCUT2D eigenvalue weighted by atomic mass is 15.3. The molecule has 0 amide bonds. The van der Waals surface area contributed by atoms with Gasteiger partial charge in [-0.25, -0.2) is 0 Å². The summed E-state index contributed by atoms with van der Waals surface area (Å²) in [6.45, 7) is 3.36. The monoisotopic (exact) mass is 112 g/mol. The molecule has 4 heteroatoms. The molecule has 0 aliphatic carbocycles. The van der Waals surface area contributed by atoms with Gasteiger partial charge in [0.15, 0.2) is 0 Å². The Bertz CT molecular complexity index is 120. The highest BCUT2D eigenvalue weighted by Gasteiger charge is 1.68. The van der Waals surface area contributed by atoms with Gasteiger partial charge in [-0.05, 0) is 6.08 Å². The van der Waals surface area contributed by atoms with Crippen LogP contribution < -0.4 is 11.5 Å². The Morgan fingerprint density at radius 2 is 2.12 bits per heavy atom. The fraction of sp³-hybridized carbons (Fsp3) is 0. The van der Waals surface area contributed by atoms with Gasteiger partial charge in [-0.3, -0.25) is 0 Å². The molecule has 0 spiro atoms. The van der Waals surface area contributed by atoms with Crippen LogP contribution in [0.5, 0.6) is 0 Å². The van der Waals surface area contributed by atoms with Crippen molar-refractivity contribution in [1.82, 2.24) is 0 Å². The van der Waals surface area contributed by atoms with E-state index < -0.39 is 0 Å². The summed E-state index contributed by atoms with van der Waals surface area (Å²) in [6, 6.07) is 0. The molecule has 0 heterocycles. The Kier molecular flexibility index (Phi) is 3.22. The predicted octanol–water partition coefficient (Wildman–Crippen LogP) is -0.568. The van der Waals surface area contributed by atoms with E-state index in [1.165, 1.54) is 12.3 Å². The second-order valence-electron chi connectivity index (χ2n) is 1.03. The molecule has 0 fully saturated rings. The summed E-state index contributed by atoms with van der Waals surface area (Å²) in [7, 11) is 0. The van der Waals surface area contributed by atoms with E-state index in [1.54, 1.807) is 0 Å². The molecule has 0 aliphatic heterocycles. The van der Waals surface area contributed by atoms with E-state index in [9.17, 15) is 0 Å². The minimum atomic E-state index is -0.0527. The highest BCUT2D eigenvalue weighted by Crippen LogP contribution is 1.64. The maximum Gasteiger partial charge on any atom is 0.211 e. The van der Waals surface area contributed by atoms with Crippen LogP contribution in [0.1, 0.15) is 0 Å². The van der Waals surface area contributed by atoms with Crippen molar-refractivity contribution in [2.24, 2.45) is 21.7 Å². The van der Waals surface area contributed by atoms with Crippen molar-refractivity contribution in [2.75, 3.05) is 0 Å². The summed E-state index contributed by atoms with van der Waals surface area (Å²) < 4.78 is 0. The Morgan fingerprint density at radius 3 is 2.50 bits per heavy atom. The van der Waals surface area contributed by atoms with Crippen LogP contribution in [0.4, 0.5) is 0 Å². The number of rotatable bonds is 2. The van der Waals surface area contributed by atoms with Gasteiger partial charge in [-0.2, -0.15) is 5.10 Å². The normalized spacial score (nSPS) is 9.00. The maximum absolute atomic E-state index is 4.91. The zero-order chi connectivity index (χ0) is 6.41. The Morgan fingerprint density at radius 1 is 1.50 bits per heavy atom.